The Labute approximate surface area is 92.8 Å². The predicted octanol–water partition coefficient (Wildman–Crippen LogP) is 1.79. The highest BCUT2D eigenvalue weighted by molar-refractivity contribution is 5.90. The quantitative estimate of drug-likeness (QED) is 0.854. The fourth-order valence-electron chi connectivity index (χ4n) is 1.59. The van der Waals surface area contributed by atoms with Gasteiger partial charge in [0, 0.05) is 12.7 Å². The van der Waals surface area contributed by atoms with E-state index in [1.807, 2.05) is 4.57 Å². The molecule has 2 aromatic heterocycles. The lowest BCUT2D eigenvalue weighted by Crippen LogP contribution is -2.04. The fraction of sp³-hybridized carbons (Fsp3) is 0.364. The molecule has 0 aliphatic heterocycles. The Bertz CT molecular complexity index is 531. The summed E-state index contributed by atoms with van der Waals surface area (Å²) in [6.07, 6.45) is 3.06. The van der Waals surface area contributed by atoms with E-state index >= 15 is 0 Å². The molecule has 0 unspecified atom stereocenters. The van der Waals surface area contributed by atoms with Crippen molar-refractivity contribution in [2.24, 2.45) is 5.92 Å². The van der Waals surface area contributed by atoms with Gasteiger partial charge in [-0.15, -0.1) is 0 Å². The largest absolute Gasteiger partial charge is 0.478 e. The minimum Gasteiger partial charge on any atom is -0.478 e. The Morgan fingerprint density at radius 2 is 2.25 bits per heavy atom. The monoisotopic (exact) mass is 219 g/mol. The third-order valence-corrected chi connectivity index (χ3v) is 2.26. The van der Waals surface area contributed by atoms with Crippen molar-refractivity contribution in [1.29, 1.82) is 0 Å². The van der Waals surface area contributed by atoms with Gasteiger partial charge < -0.3 is 9.67 Å². The molecule has 0 atom stereocenters. The zero-order valence-corrected chi connectivity index (χ0v) is 9.21. The summed E-state index contributed by atoms with van der Waals surface area (Å²) >= 11 is 0. The van der Waals surface area contributed by atoms with Crippen LogP contribution in [0.3, 0.4) is 0 Å². The summed E-state index contributed by atoms with van der Waals surface area (Å²) in [6.45, 7) is 5.05. The van der Waals surface area contributed by atoms with Gasteiger partial charge in [-0.05, 0) is 12.0 Å². The number of nitrogens with zero attached hydrogens (tertiary/aromatic N) is 3. The second-order valence-corrected chi connectivity index (χ2v) is 4.16. The minimum absolute atomic E-state index is 0.169. The topological polar surface area (TPSA) is 68.0 Å². The van der Waals surface area contributed by atoms with Crippen molar-refractivity contribution in [3.63, 3.8) is 0 Å². The minimum atomic E-state index is -0.979. The maximum atomic E-state index is 10.8. The molecule has 5 nitrogen and oxygen atoms in total. The zero-order chi connectivity index (χ0) is 11.7. The van der Waals surface area contributed by atoms with E-state index in [9.17, 15) is 4.79 Å². The fourth-order valence-corrected chi connectivity index (χ4v) is 1.59. The van der Waals surface area contributed by atoms with E-state index in [1.54, 1.807) is 12.4 Å². The SMILES string of the molecule is CC(C)Cn1cnc2cc(C(=O)O)cnc21. The molecule has 0 fully saturated rings. The van der Waals surface area contributed by atoms with Gasteiger partial charge in [-0.2, -0.15) is 0 Å². The van der Waals surface area contributed by atoms with Crippen LogP contribution in [0.4, 0.5) is 0 Å². The van der Waals surface area contributed by atoms with Crippen molar-refractivity contribution in [3.8, 4) is 0 Å². The molecule has 0 saturated carbocycles. The molecule has 0 bridgehead atoms. The maximum Gasteiger partial charge on any atom is 0.337 e. The molecule has 2 rings (SSSR count). The summed E-state index contributed by atoms with van der Waals surface area (Å²) in [5.74, 6) is -0.480. The van der Waals surface area contributed by atoms with Crippen LogP contribution in [0.5, 0.6) is 0 Å². The van der Waals surface area contributed by atoms with Crippen LogP contribution in [0.25, 0.3) is 11.2 Å². The first-order valence-corrected chi connectivity index (χ1v) is 5.12. The van der Waals surface area contributed by atoms with E-state index in [0.717, 1.165) is 12.2 Å². The van der Waals surface area contributed by atoms with Crippen molar-refractivity contribution in [2.75, 3.05) is 0 Å². The highest BCUT2D eigenvalue weighted by atomic mass is 16.4. The molecule has 2 aromatic rings. The van der Waals surface area contributed by atoms with Crippen LogP contribution in [0.2, 0.25) is 0 Å². The average Bonchev–Trinajstić information content (AvgIpc) is 2.60. The van der Waals surface area contributed by atoms with Crippen molar-refractivity contribution in [1.82, 2.24) is 14.5 Å². The number of carboxylic acids is 1. The number of fused-ring (bicyclic) bond motifs is 1. The Morgan fingerprint density at radius 1 is 1.50 bits per heavy atom. The molecule has 16 heavy (non-hydrogen) atoms. The Kier molecular flexibility index (Phi) is 2.60. The van der Waals surface area contributed by atoms with Crippen LogP contribution >= 0.6 is 0 Å². The Hall–Kier alpha value is -1.91. The van der Waals surface area contributed by atoms with Gasteiger partial charge in [0.15, 0.2) is 5.65 Å². The lowest BCUT2D eigenvalue weighted by Gasteiger charge is -2.05. The first-order chi connectivity index (χ1) is 7.58. The number of pyridine rings is 1. The molecular formula is C11H13N3O2. The molecule has 1 N–H and O–H groups in total. The number of imidazole rings is 1. The van der Waals surface area contributed by atoms with E-state index in [2.05, 4.69) is 23.8 Å². The van der Waals surface area contributed by atoms with Crippen molar-refractivity contribution < 1.29 is 9.90 Å². The number of aromatic nitrogens is 3. The van der Waals surface area contributed by atoms with Gasteiger partial charge in [-0.1, -0.05) is 13.8 Å². The van der Waals surface area contributed by atoms with Gasteiger partial charge in [0.25, 0.3) is 0 Å². The van der Waals surface area contributed by atoms with Crippen LogP contribution in [-0.4, -0.2) is 25.6 Å². The first kappa shape index (κ1) is 10.6. The van der Waals surface area contributed by atoms with E-state index in [-0.39, 0.29) is 5.56 Å². The van der Waals surface area contributed by atoms with E-state index in [1.165, 1.54) is 6.20 Å². The number of rotatable bonds is 3. The molecule has 0 spiro atoms. The molecule has 2 heterocycles. The van der Waals surface area contributed by atoms with Crippen molar-refractivity contribution in [3.05, 3.63) is 24.2 Å². The molecule has 0 saturated heterocycles. The average molecular weight is 219 g/mol. The summed E-state index contributed by atoms with van der Waals surface area (Å²) < 4.78 is 1.94. The van der Waals surface area contributed by atoms with Crippen molar-refractivity contribution in [2.45, 2.75) is 20.4 Å². The summed E-state index contributed by atoms with van der Waals surface area (Å²) in [5, 5.41) is 8.82. The first-order valence-electron chi connectivity index (χ1n) is 5.12. The zero-order valence-electron chi connectivity index (χ0n) is 9.21. The molecule has 0 aromatic carbocycles. The van der Waals surface area contributed by atoms with Gasteiger partial charge >= 0.3 is 5.97 Å². The molecule has 84 valence electrons. The maximum absolute atomic E-state index is 10.8. The second kappa shape index (κ2) is 3.92. The normalized spacial score (nSPS) is 11.2. The molecular weight excluding hydrogens is 206 g/mol. The Balaban J connectivity index is 2.46. The summed E-state index contributed by atoms with van der Waals surface area (Å²) in [5.41, 5.74) is 1.53. The van der Waals surface area contributed by atoms with Crippen LogP contribution in [-0.2, 0) is 6.54 Å². The van der Waals surface area contributed by atoms with Gasteiger partial charge in [-0.3, -0.25) is 0 Å². The Morgan fingerprint density at radius 3 is 2.88 bits per heavy atom. The third kappa shape index (κ3) is 1.88. The van der Waals surface area contributed by atoms with Crippen LogP contribution in [0.1, 0.15) is 24.2 Å². The van der Waals surface area contributed by atoms with Crippen LogP contribution in [0.15, 0.2) is 18.6 Å². The smallest absolute Gasteiger partial charge is 0.337 e. The van der Waals surface area contributed by atoms with Gasteiger partial charge in [0.05, 0.1) is 11.9 Å². The highest BCUT2D eigenvalue weighted by Crippen LogP contribution is 2.13. The molecule has 0 aliphatic carbocycles. The standard InChI is InChI=1S/C11H13N3O2/c1-7(2)5-14-6-13-9-3-8(11(15)16)4-12-10(9)14/h3-4,6-7H,5H2,1-2H3,(H,15,16). The lowest BCUT2D eigenvalue weighted by atomic mass is 10.2. The van der Waals surface area contributed by atoms with Crippen LogP contribution in [0, 0.1) is 5.92 Å². The van der Waals surface area contributed by atoms with E-state index < -0.39 is 5.97 Å². The summed E-state index contributed by atoms with van der Waals surface area (Å²) in [4.78, 5) is 19.0. The summed E-state index contributed by atoms with van der Waals surface area (Å²) in [6, 6.07) is 1.54. The molecule has 5 heteroatoms. The highest BCUT2D eigenvalue weighted by Gasteiger charge is 2.09. The van der Waals surface area contributed by atoms with Crippen molar-refractivity contribution >= 4 is 17.1 Å². The number of carbonyl (C=O) groups is 1. The van der Waals surface area contributed by atoms with Gasteiger partial charge in [0.2, 0.25) is 0 Å². The molecule has 0 radical (unpaired) electrons. The third-order valence-electron chi connectivity index (χ3n) is 2.26. The number of hydrogen-bond acceptors (Lipinski definition) is 3. The van der Waals surface area contributed by atoms with Crippen LogP contribution < -0.4 is 0 Å². The number of carboxylic acid groups (broad SMARTS) is 1. The summed E-state index contributed by atoms with van der Waals surface area (Å²) in [7, 11) is 0. The van der Waals surface area contributed by atoms with Gasteiger partial charge in [-0.25, -0.2) is 14.8 Å². The second-order valence-electron chi connectivity index (χ2n) is 4.16. The molecule has 0 aliphatic rings. The number of aromatic carboxylic acids is 1. The van der Waals surface area contributed by atoms with E-state index in [0.29, 0.717) is 11.4 Å². The van der Waals surface area contributed by atoms with Gasteiger partial charge in [0.1, 0.15) is 5.52 Å². The predicted molar refractivity (Wildman–Crippen MR) is 59.3 cm³/mol. The molecule has 0 amide bonds. The number of hydrogen-bond donors (Lipinski definition) is 1. The van der Waals surface area contributed by atoms with E-state index in [4.69, 9.17) is 5.11 Å². The lowest BCUT2D eigenvalue weighted by molar-refractivity contribution is 0.0696.